The van der Waals surface area contributed by atoms with Gasteiger partial charge < -0.3 is 5.32 Å². The van der Waals surface area contributed by atoms with Crippen molar-refractivity contribution in [2.24, 2.45) is 0 Å². The molecule has 0 aliphatic heterocycles. The molecule has 0 fully saturated rings. The SMILES string of the molecule is Cc1cccc(Cc2cnc(NC(=O)Cn3cnc4c(C)cccc4c3=O)s2)c1Cl. The summed E-state index contributed by atoms with van der Waals surface area (Å²) in [5.74, 6) is -0.333. The van der Waals surface area contributed by atoms with Gasteiger partial charge in [-0.25, -0.2) is 9.97 Å². The Morgan fingerprint density at radius 1 is 1.13 bits per heavy atom. The Balaban J connectivity index is 1.46. The number of aryl methyl sites for hydroxylation is 2. The molecule has 152 valence electrons. The number of amides is 1. The van der Waals surface area contributed by atoms with Gasteiger partial charge in [0.1, 0.15) is 6.54 Å². The molecule has 4 aromatic rings. The quantitative estimate of drug-likeness (QED) is 0.502. The molecule has 4 rings (SSSR count). The summed E-state index contributed by atoms with van der Waals surface area (Å²) in [4.78, 5) is 34.7. The molecule has 0 saturated carbocycles. The first-order valence-electron chi connectivity index (χ1n) is 9.35. The lowest BCUT2D eigenvalue weighted by atomic mass is 10.1. The van der Waals surface area contributed by atoms with Crippen LogP contribution in [0.1, 0.15) is 21.6 Å². The molecule has 0 spiro atoms. The maximum atomic E-state index is 12.7. The maximum Gasteiger partial charge on any atom is 0.261 e. The zero-order valence-corrected chi connectivity index (χ0v) is 18.0. The number of fused-ring (bicyclic) bond motifs is 1. The minimum atomic E-state index is -0.333. The van der Waals surface area contributed by atoms with Crippen molar-refractivity contribution in [1.29, 1.82) is 0 Å². The van der Waals surface area contributed by atoms with Gasteiger partial charge >= 0.3 is 0 Å². The Labute approximate surface area is 182 Å². The zero-order valence-electron chi connectivity index (χ0n) is 16.5. The summed E-state index contributed by atoms with van der Waals surface area (Å²) in [6, 6.07) is 11.3. The van der Waals surface area contributed by atoms with Gasteiger partial charge in [0.15, 0.2) is 5.13 Å². The first-order chi connectivity index (χ1) is 14.4. The summed E-state index contributed by atoms with van der Waals surface area (Å²) < 4.78 is 1.30. The highest BCUT2D eigenvalue weighted by atomic mass is 35.5. The predicted octanol–water partition coefficient (Wildman–Crippen LogP) is 4.35. The number of nitrogens with zero attached hydrogens (tertiary/aromatic N) is 3. The Morgan fingerprint density at radius 3 is 2.73 bits per heavy atom. The van der Waals surface area contributed by atoms with Crippen LogP contribution in [0.5, 0.6) is 0 Å². The van der Waals surface area contributed by atoms with Crippen molar-refractivity contribution in [3.8, 4) is 0 Å². The highest BCUT2D eigenvalue weighted by Crippen LogP contribution is 2.26. The number of hydrogen-bond acceptors (Lipinski definition) is 5. The molecule has 0 saturated heterocycles. The van der Waals surface area contributed by atoms with Crippen LogP contribution in [0, 0.1) is 13.8 Å². The minimum Gasteiger partial charge on any atom is -0.300 e. The van der Waals surface area contributed by atoms with E-state index in [2.05, 4.69) is 15.3 Å². The molecule has 0 bridgehead atoms. The lowest BCUT2D eigenvalue weighted by Crippen LogP contribution is -2.28. The monoisotopic (exact) mass is 438 g/mol. The van der Waals surface area contributed by atoms with Gasteiger partial charge in [-0.3, -0.25) is 14.2 Å². The van der Waals surface area contributed by atoms with Crippen LogP contribution in [0.2, 0.25) is 5.02 Å². The summed E-state index contributed by atoms with van der Waals surface area (Å²) in [6.45, 7) is 3.74. The first-order valence-corrected chi connectivity index (χ1v) is 10.5. The van der Waals surface area contributed by atoms with E-state index in [4.69, 9.17) is 11.6 Å². The number of aromatic nitrogens is 3. The van der Waals surface area contributed by atoms with E-state index in [1.165, 1.54) is 22.2 Å². The minimum absolute atomic E-state index is 0.131. The van der Waals surface area contributed by atoms with Crippen molar-refractivity contribution in [2.45, 2.75) is 26.8 Å². The van der Waals surface area contributed by atoms with E-state index >= 15 is 0 Å². The second-order valence-corrected chi connectivity index (χ2v) is 8.55. The van der Waals surface area contributed by atoms with Gasteiger partial charge in [-0.2, -0.15) is 0 Å². The largest absolute Gasteiger partial charge is 0.300 e. The van der Waals surface area contributed by atoms with Crippen LogP contribution >= 0.6 is 22.9 Å². The van der Waals surface area contributed by atoms with Crippen molar-refractivity contribution >= 4 is 44.9 Å². The zero-order chi connectivity index (χ0) is 21.3. The molecular weight excluding hydrogens is 420 g/mol. The molecule has 2 heterocycles. The lowest BCUT2D eigenvalue weighted by Gasteiger charge is -2.07. The average molecular weight is 439 g/mol. The number of hydrogen-bond donors (Lipinski definition) is 1. The molecule has 0 aliphatic carbocycles. The average Bonchev–Trinajstić information content (AvgIpc) is 3.15. The molecule has 1 N–H and O–H groups in total. The summed E-state index contributed by atoms with van der Waals surface area (Å²) in [5.41, 5.74) is 3.37. The number of para-hydroxylation sites is 1. The Morgan fingerprint density at radius 2 is 1.90 bits per heavy atom. The van der Waals surface area contributed by atoms with Gasteiger partial charge in [0.05, 0.1) is 17.2 Å². The summed E-state index contributed by atoms with van der Waals surface area (Å²) in [6.07, 6.45) is 3.77. The standard InChI is InChI=1S/C22H19ClN4O2S/c1-13-5-3-7-15(19(13)23)9-16-10-24-22(30-16)26-18(28)11-27-12-25-20-14(2)6-4-8-17(20)21(27)29/h3-8,10,12H,9,11H2,1-2H3,(H,24,26,28). The summed E-state index contributed by atoms with van der Waals surface area (Å²) in [5, 5.41) is 4.48. The second-order valence-electron chi connectivity index (χ2n) is 7.05. The molecule has 0 unspecified atom stereocenters. The van der Waals surface area contributed by atoms with Crippen molar-refractivity contribution in [2.75, 3.05) is 5.32 Å². The third-order valence-electron chi connectivity index (χ3n) is 4.81. The molecule has 2 aromatic heterocycles. The number of anilines is 1. The Bertz CT molecular complexity index is 1310. The van der Waals surface area contributed by atoms with Crippen LogP contribution in [0.15, 0.2) is 53.7 Å². The normalized spacial score (nSPS) is 11.0. The highest BCUT2D eigenvalue weighted by molar-refractivity contribution is 7.15. The molecule has 0 atom stereocenters. The number of carbonyl (C=O) groups excluding carboxylic acids is 1. The molecule has 0 aliphatic rings. The second kappa shape index (κ2) is 8.38. The van der Waals surface area contributed by atoms with Crippen LogP contribution in [0.3, 0.4) is 0 Å². The van der Waals surface area contributed by atoms with E-state index in [9.17, 15) is 9.59 Å². The predicted molar refractivity (Wildman–Crippen MR) is 120 cm³/mol. The van der Waals surface area contributed by atoms with E-state index in [-0.39, 0.29) is 18.0 Å². The topological polar surface area (TPSA) is 76.9 Å². The van der Waals surface area contributed by atoms with Gasteiger partial charge in [0, 0.05) is 22.5 Å². The van der Waals surface area contributed by atoms with Gasteiger partial charge in [0.2, 0.25) is 5.91 Å². The number of benzene rings is 2. The number of carbonyl (C=O) groups is 1. The van der Waals surface area contributed by atoms with E-state index in [0.717, 1.165) is 26.6 Å². The molecule has 2 aromatic carbocycles. The number of halogens is 1. The summed E-state index contributed by atoms with van der Waals surface area (Å²) >= 11 is 7.75. The fraction of sp³-hybridized carbons (Fsp3) is 0.182. The lowest BCUT2D eigenvalue weighted by molar-refractivity contribution is -0.116. The highest BCUT2D eigenvalue weighted by Gasteiger charge is 2.12. The number of thiazole rings is 1. The third-order valence-corrected chi connectivity index (χ3v) is 6.26. The van der Waals surface area contributed by atoms with E-state index in [0.29, 0.717) is 22.5 Å². The number of nitrogens with one attached hydrogen (secondary N) is 1. The van der Waals surface area contributed by atoms with Crippen molar-refractivity contribution < 1.29 is 4.79 Å². The van der Waals surface area contributed by atoms with Crippen LogP contribution in [-0.4, -0.2) is 20.4 Å². The Hall–Kier alpha value is -3.03. The first kappa shape index (κ1) is 20.3. The molecule has 6 nitrogen and oxygen atoms in total. The fourth-order valence-corrected chi connectivity index (χ4v) is 4.29. The van der Waals surface area contributed by atoms with Gasteiger partial charge in [-0.05, 0) is 36.6 Å². The molecule has 1 amide bonds. The van der Waals surface area contributed by atoms with E-state index in [1.54, 1.807) is 12.3 Å². The van der Waals surface area contributed by atoms with Gasteiger partial charge in [0.25, 0.3) is 5.56 Å². The van der Waals surface area contributed by atoms with Gasteiger partial charge in [-0.15, -0.1) is 11.3 Å². The Kier molecular flexibility index (Phi) is 5.65. The van der Waals surface area contributed by atoms with E-state index in [1.807, 2.05) is 44.2 Å². The fourth-order valence-electron chi connectivity index (χ4n) is 3.24. The molecule has 8 heteroatoms. The smallest absolute Gasteiger partial charge is 0.261 e. The van der Waals surface area contributed by atoms with Crippen LogP contribution in [0.25, 0.3) is 10.9 Å². The number of rotatable bonds is 5. The molecule has 0 radical (unpaired) electrons. The van der Waals surface area contributed by atoms with Crippen LogP contribution < -0.4 is 10.9 Å². The van der Waals surface area contributed by atoms with Gasteiger partial charge in [-0.1, -0.05) is 41.9 Å². The molecule has 30 heavy (non-hydrogen) atoms. The van der Waals surface area contributed by atoms with E-state index < -0.39 is 0 Å². The van der Waals surface area contributed by atoms with Crippen LogP contribution in [-0.2, 0) is 17.8 Å². The third kappa shape index (κ3) is 4.13. The summed E-state index contributed by atoms with van der Waals surface area (Å²) in [7, 11) is 0. The maximum absolute atomic E-state index is 12.7. The van der Waals surface area contributed by atoms with Crippen molar-refractivity contribution in [1.82, 2.24) is 14.5 Å². The van der Waals surface area contributed by atoms with Crippen LogP contribution in [0.4, 0.5) is 5.13 Å². The van der Waals surface area contributed by atoms with Crippen molar-refractivity contribution in [3.63, 3.8) is 0 Å². The molecular formula is C22H19ClN4O2S. The van der Waals surface area contributed by atoms with Crippen molar-refractivity contribution in [3.05, 3.63) is 85.9 Å².